The molecule has 0 spiro atoms. The zero-order chi connectivity index (χ0) is 5.21. The molecule has 0 heterocycles. The molecule has 0 fully saturated rings. The Kier molecular flexibility index (Phi) is 4.55. The first-order valence-corrected chi connectivity index (χ1v) is 1.23. The van der Waals surface area contributed by atoms with Gasteiger partial charge in [0.15, 0.2) is 0 Å². The van der Waals surface area contributed by atoms with E-state index in [1.54, 1.807) is 0 Å². The maximum Gasteiger partial charge on any atom is 0.277 e. The van der Waals surface area contributed by atoms with Gasteiger partial charge in [-0.1, -0.05) is 0 Å². The minimum atomic E-state index is -2.38. The van der Waals surface area contributed by atoms with Crippen molar-refractivity contribution in [2.75, 3.05) is 6.73 Å². The number of quaternary nitrogens is 1. The third kappa shape index (κ3) is 10.7. The van der Waals surface area contributed by atoms with Crippen molar-refractivity contribution in [3.8, 4) is 0 Å². The fourth-order valence-electron chi connectivity index (χ4n) is 0. The van der Waals surface area contributed by atoms with Gasteiger partial charge in [0.1, 0.15) is 4.97 Å². The van der Waals surface area contributed by atoms with Crippen LogP contribution in [0.25, 0.3) is 0 Å². The first kappa shape index (κ1) is 10.1. The third-order valence-electron chi connectivity index (χ3n) is 0.190. The Labute approximate surface area is 45.9 Å². The Balaban J connectivity index is 0. The number of hydroxylamine groups is 3. The quantitative estimate of drug-likeness (QED) is 0.166. The van der Waals surface area contributed by atoms with E-state index < -0.39 is 11.7 Å². The van der Waals surface area contributed by atoms with Crippen molar-refractivity contribution < 1.29 is 38.1 Å². The van der Waals surface area contributed by atoms with Crippen LogP contribution >= 0.6 is 0 Å². The van der Waals surface area contributed by atoms with Gasteiger partial charge in [0.25, 0.3) is 6.73 Å². The van der Waals surface area contributed by atoms with Crippen LogP contribution in [-0.2, 0) is 0 Å². The molecule has 0 saturated carbocycles. The average molecular weight is 132 g/mol. The van der Waals surface area contributed by atoms with E-state index in [1.807, 2.05) is 0 Å². The lowest BCUT2D eigenvalue weighted by molar-refractivity contribution is -1.37. The van der Waals surface area contributed by atoms with Crippen molar-refractivity contribution in [2.45, 2.75) is 0 Å². The van der Waals surface area contributed by atoms with E-state index in [2.05, 4.69) is 0 Å². The van der Waals surface area contributed by atoms with E-state index in [4.69, 9.17) is 20.7 Å². The molecule has 0 aromatic carbocycles. The molecule has 0 aliphatic carbocycles. The lowest BCUT2D eigenvalue weighted by atomic mass is 11.3. The SMILES string of the molecule is OC[N+](O)(O)O.[Cl-]. The van der Waals surface area contributed by atoms with Gasteiger partial charge in [-0.2, -0.15) is 0 Å². The van der Waals surface area contributed by atoms with Crippen LogP contribution < -0.4 is 12.4 Å². The summed E-state index contributed by atoms with van der Waals surface area (Å²) in [5.41, 5.74) is 0. The zero-order valence-corrected chi connectivity index (χ0v) is 4.08. The van der Waals surface area contributed by atoms with Crippen molar-refractivity contribution in [1.82, 2.24) is 0 Å². The number of aliphatic hydroxyl groups is 1. The molecule has 0 unspecified atom stereocenters. The van der Waals surface area contributed by atoms with E-state index >= 15 is 0 Å². The van der Waals surface area contributed by atoms with Crippen LogP contribution in [0.3, 0.4) is 0 Å². The van der Waals surface area contributed by atoms with E-state index in [-0.39, 0.29) is 12.4 Å². The maximum absolute atomic E-state index is 7.62. The Hall–Kier alpha value is 0.0900. The molecule has 7 heavy (non-hydrogen) atoms. The summed E-state index contributed by atoms with van der Waals surface area (Å²) in [6.45, 7) is -1.12. The highest BCUT2D eigenvalue weighted by Crippen LogP contribution is 1.78. The molecule has 4 N–H and O–H groups in total. The summed E-state index contributed by atoms with van der Waals surface area (Å²) in [5, 5.41) is 30.5. The fraction of sp³-hybridized carbons (Fsp3) is 1.00. The molecule has 5 nitrogen and oxygen atoms in total. The molecule has 0 bridgehead atoms. The average Bonchev–Trinajstić information content (AvgIpc) is 1.35. The van der Waals surface area contributed by atoms with Crippen LogP contribution in [0.2, 0.25) is 0 Å². The largest absolute Gasteiger partial charge is 1.00 e. The van der Waals surface area contributed by atoms with Crippen LogP contribution in [0.1, 0.15) is 0 Å². The molecule has 46 valence electrons. The van der Waals surface area contributed by atoms with E-state index in [9.17, 15) is 0 Å². The van der Waals surface area contributed by atoms with Crippen molar-refractivity contribution in [3.05, 3.63) is 0 Å². The second-order valence-corrected chi connectivity index (χ2v) is 0.834. The van der Waals surface area contributed by atoms with Crippen LogP contribution in [0, 0.1) is 0 Å². The topological polar surface area (TPSA) is 80.9 Å². The Bertz CT molecular complexity index is 41.4. The molecule has 0 rings (SSSR count). The van der Waals surface area contributed by atoms with Crippen LogP contribution in [-0.4, -0.2) is 32.4 Å². The van der Waals surface area contributed by atoms with Gasteiger partial charge in [-0.3, -0.25) is 0 Å². The number of aliphatic hydroxyl groups excluding tert-OH is 1. The normalized spacial score (nSPS) is 10.3. The monoisotopic (exact) mass is 131 g/mol. The van der Waals surface area contributed by atoms with Crippen molar-refractivity contribution in [1.29, 1.82) is 0 Å². The second kappa shape index (κ2) is 3.14. The summed E-state index contributed by atoms with van der Waals surface area (Å²) >= 11 is 0. The van der Waals surface area contributed by atoms with E-state index in [0.717, 1.165) is 0 Å². The standard InChI is InChI=1S/CH6NO4.ClH/c3-1-2(4,5)6;/h3-6H,1H2;1H/q+1;/p-1. The Morgan fingerprint density at radius 1 is 1.14 bits per heavy atom. The van der Waals surface area contributed by atoms with Crippen molar-refractivity contribution in [3.63, 3.8) is 0 Å². The second-order valence-electron chi connectivity index (χ2n) is 0.834. The van der Waals surface area contributed by atoms with Gasteiger partial charge in [0, 0.05) is 0 Å². The lowest BCUT2D eigenvalue weighted by Crippen LogP contribution is -3.00. The minimum absolute atomic E-state index is 0. The number of rotatable bonds is 1. The highest BCUT2D eigenvalue weighted by molar-refractivity contribution is 3.57. The minimum Gasteiger partial charge on any atom is -1.00 e. The van der Waals surface area contributed by atoms with Gasteiger partial charge in [0.2, 0.25) is 0 Å². The molecule has 0 radical (unpaired) electrons. The number of nitrogens with zero attached hydrogens (tertiary/aromatic N) is 1. The summed E-state index contributed by atoms with van der Waals surface area (Å²) in [4.78, 5) is -2.38. The third-order valence-corrected chi connectivity index (χ3v) is 0.190. The molecular weight excluding hydrogens is 125 g/mol. The van der Waals surface area contributed by atoms with Gasteiger partial charge in [-0.25, -0.2) is 0 Å². The van der Waals surface area contributed by atoms with Gasteiger partial charge in [0.05, 0.1) is 0 Å². The first-order chi connectivity index (χ1) is 2.56. The van der Waals surface area contributed by atoms with E-state index in [1.165, 1.54) is 0 Å². The fourth-order valence-corrected chi connectivity index (χ4v) is 0. The van der Waals surface area contributed by atoms with Crippen molar-refractivity contribution >= 4 is 0 Å². The Morgan fingerprint density at radius 3 is 1.29 bits per heavy atom. The number of halogens is 1. The van der Waals surface area contributed by atoms with Gasteiger partial charge >= 0.3 is 0 Å². The van der Waals surface area contributed by atoms with Crippen LogP contribution in [0.5, 0.6) is 0 Å². The molecule has 0 aromatic heterocycles. The molecule has 0 aliphatic heterocycles. The zero-order valence-electron chi connectivity index (χ0n) is 3.32. The molecule has 6 heteroatoms. The molecule has 0 aromatic rings. The number of hydrogen-bond acceptors (Lipinski definition) is 4. The summed E-state index contributed by atoms with van der Waals surface area (Å²) in [6, 6.07) is 0. The summed E-state index contributed by atoms with van der Waals surface area (Å²) in [7, 11) is 0. The summed E-state index contributed by atoms with van der Waals surface area (Å²) in [5.74, 6) is 0. The predicted octanol–water partition coefficient (Wildman–Crippen LogP) is -4.08. The van der Waals surface area contributed by atoms with Crippen molar-refractivity contribution in [2.24, 2.45) is 0 Å². The number of hydrogen-bond donors (Lipinski definition) is 4. The van der Waals surface area contributed by atoms with Gasteiger partial charge < -0.3 is 17.5 Å². The Morgan fingerprint density at radius 2 is 1.29 bits per heavy atom. The highest BCUT2D eigenvalue weighted by atomic mass is 35.5. The van der Waals surface area contributed by atoms with Gasteiger partial charge in [-0.15, -0.1) is 15.6 Å². The summed E-state index contributed by atoms with van der Waals surface area (Å²) in [6.07, 6.45) is 0. The van der Waals surface area contributed by atoms with E-state index in [0.29, 0.717) is 0 Å². The molecular formula is CH6ClNO4. The molecule has 0 amide bonds. The molecule has 0 saturated heterocycles. The first-order valence-electron chi connectivity index (χ1n) is 1.23. The maximum atomic E-state index is 7.62. The molecule has 0 atom stereocenters. The lowest BCUT2D eigenvalue weighted by Gasteiger charge is -2.04. The smallest absolute Gasteiger partial charge is 0.277 e. The van der Waals surface area contributed by atoms with Crippen LogP contribution in [0.15, 0.2) is 0 Å². The predicted molar refractivity (Wildman–Crippen MR) is 12.7 cm³/mol. The molecule has 0 aliphatic rings. The van der Waals surface area contributed by atoms with Crippen LogP contribution in [0.4, 0.5) is 0 Å². The highest BCUT2D eigenvalue weighted by Gasteiger charge is 2.13. The summed E-state index contributed by atoms with van der Waals surface area (Å²) < 4.78 is 0. The van der Waals surface area contributed by atoms with Gasteiger partial charge in [-0.05, 0) is 0 Å².